The SMILES string of the molecule is CC1(C)Cc2nc3c(cc2CO1)sc1[nH]c(=O)[nH]c13. The van der Waals surface area contributed by atoms with Crippen LogP contribution in [0.1, 0.15) is 25.1 Å². The van der Waals surface area contributed by atoms with E-state index in [1.165, 1.54) is 0 Å². The Morgan fingerprint density at radius 1 is 1.42 bits per heavy atom. The largest absolute Gasteiger partial charge is 0.370 e. The zero-order chi connectivity index (χ0) is 13.2. The molecule has 3 aromatic rings. The molecule has 0 amide bonds. The number of pyridine rings is 1. The number of H-pyrrole nitrogens is 2. The zero-order valence-electron chi connectivity index (χ0n) is 10.7. The van der Waals surface area contributed by atoms with Gasteiger partial charge in [-0.05, 0) is 19.9 Å². The maximum Gasteiger partial charge on any atom is 0.324 e. The van der Waals surface area contributed by atoms with E-state index in [0.717, 1.165) is 38.2 Å². The Labute approximate surface area is 112 Å². The lowest BCUT2D eigenvalue weighted by Crippen LogP contribution is -2.32. The first-order chi connectivity index (χ1) is 9.02. The van der Waals surface area contributed by atoms with E-state index >= 15 is 0 Å². The number of hydrogen-bond donors (Lipinski definition) is 2. The van der Waals surface area contributed by atoms with Crippen LogP contribution in [0.5, 0.6) is 0 Å². The normalized spacial score (nSPS) is 18.0. The van der Waals surface area contributed by atoms with Crippen molar-refractivity contribution in [1.29, 1.82) is 0 Å². The van der Waals surface area contributed by atoms with Gasteiger partial charge in [0.1, 0.15) is 15.9 Å². The summed E-state index contributed by atoms with van der Waals surface area (Å²) in [5.41, 5.74) is 3.58. The number of rotatable bonds is 0. The number of thiophene rings is 1. The second kappa shape index (κ2) is 3.46. The van der Waals surface area contributed by atoms with Crippen molar-refractivity contribution >= 4 is 31.9 Å². The third-order valence-electron chi connectivity index (χ3n) is 3.51. The molecule has 0 saturated heterocycles. The number of aromatic nitrogens is 3. The minimum atomic E-state index is -0.175. The molecule has 19 heavy (non-hydrogen) atoms. The molecule has 4 rings (SSSR count). The maximum absolute atomic E-state index is 11.3. The smallest absolute Gasteiger partial charge is 0.324 e. The molecule has 3 aromatic heterocycles. The Bertz CT molecular complexity index is 856. The van der Waals surface area contributed by atoms with Gasteiger partial charge in [-0.15, -0.1) is 11.3 Å². The van der Waals surface area contributed by atoms with Crippen LogP contribution in [0.15, 0.2) is 10.9 Å². The van der Waals surface area contributed by atoms with Gasteiger partial charge in [-0.3, -0.25) is 4.98 Å². The lowest BCUT2D eigenvalue weighted by molar-refractivity contribution is -0.0411. The van der Waals surface area contributed by atoms with E-state index in [1.54, 1.807) is 11.3 Å². The molecule has 0 fully saturated rings. The molecule has 1 aliphatic rings. The van der Waals surface area contributed by atoms with Gasteiger partial charge in [0.2, 0.25) is 0 Å². The van der Waals surface area contributed by atoms with Crippen LogP contribution < -0.4 is 5.69 Å². The molecular weight excluding hydrogens is 262 g/mol. The quantitative estimate of drug-likeness (QED) is 0.661. The summed E-state index contributed by atoms with van der Waals surface area (Å²) in [7, 11) is 0. The highest BCUT2D eigenvalue weighted by Crippen LogP contribution is 2.34. The Kier molecular flexibility index (Phi) is 2.04. The lowest BCUT2D eigenvalue weighted by Gasteiger charge is -2.30. The fraction of sp³-hybridized carbons (Fsp3) is 0.385. The van der Waals surface area contributed by atoms with Crippen LogP contribution in [0.4, 0.5) is 0 Å². The summed E-state index contributed by atoms with van der Waals surface area (Å²) in [5, 5.41) is 0. The number of imidazole rings is 1. The number of hydrogen-bond acceptors (Lipinski definition) is 4. The second-order valence-electron chi connectivity index (χ2n) is 5.55. The summed E-state index contributed by atoms with van der Waals surface area (Å²) in [6.45, 7) is 4.75. The summed E-state index contributed by atoms with van der Waals surface area (Å²) in [6.07, 6.45) is 0.796. The van der Waals surface area contributed by atoms with E-state index in [1.807, 2.05) is 0 Å². The van der Waals surface area contributed by atoms with Crippen molar-refractivity contribution < 1.29 is 4.74 Å². The average molecular weight is 275 g/mol. The summed E-state index contributed by atoms with van der Waals surface area (Å²) in [4.78, 5) is 22.5. The first-order valence-electron chi connectivity index (χ1n) is 6.19. The Morgan fingerprint density at radius 2 is 2.26 bits per heavy atom. The Hall–Kier alpha value is -1.66. The van der Waals surface area contributed by atoms with Crippen LogP contribution in [-0.2, 0) is 17.8 Å². The van der Waals surface area contributed by atoms with Crippen LogP contribution in [0.2, 0.25) is 0 Å². The van der Waals surface area contributed by atoms with E-state index in [2.05, 4.69) is 29.9 Å². The monoisotopic (exact) mass is 275 g/mol. The van der Waals surface area contributed by atoms with Gasteiger partial charge in [-0.2, -0.15) is 0 Å². The van der Waals surface area contributed by atoms with Crippen molar-refractivity contribution in [3.8, 4) is 0 Å². The zero-order valence-corrected chi connectivity index (χ0v) is 11.5. The van der Waals surface area contributed by atoms with E-state index in [0.29, 0.717) is 6.61 Å². The predicted molar refractivity (Wildman–Crippen MR) is 74.7 cm³/mol. The highest BCUT2D eigenvalue weighted by atomic mass is 32.1. The van der Waals surface area contributed by atoms with Crippen LogP contribution in [-0.4, -0.2) is 20.6 Å². The van der Waals surface area contributed by atoms with E-state index in [-0.39, 0.29) is 11.3 Å². The van der Waals surface area contributed by atoms with E-state index in [4.69, 9.17) is 9.72 Å². The Morgan fingerprint density at radius 3 is 3.11 bits per heavy atom. The van der Waals surface area contributed by atoms with Crippen LogP contribution >= 0.6 is 11.3 Å². The van der Waals surface area contributed by atoms with Crippen molar-refractivity contribution in [3.63, 3.8) is 0 Å². The van der Waals surface area contributed by atoms with Gasteiger partial charge >= 0.3 is 5.69 Å². The third-order valence-corrected chi connectivity index (χ3v) is 4.55. The van der Waals surface area contributed by atoms with E-state index in [9.17, 15) is 4.79 Å². The maximum atomic E-state index is 11.3. The predicted octanol–water partition coefficient (Wildman–Crippen LogP) is 2.32. The minimum absolute atomic E-state index is 0.172. The molecule has 0 spiro atoms. The molecule has 0 aromatic carbocycles. The minimum Gasteiger partial charge on any atom is -0.370 e. The molecule has 1 aliphatic heterocycles. The van der Waals surface area contributed by atoms with Crippen molar-refractivity contribution in [3.05, 3.63) is 27.8 Å². The number of ether oxygens (including phenoxy) is 1. The van der Waals surface area contributed by atoms with Crippen LogP contribution in [0, 0.1) is 0 Å². The van der Waals surface area contributed by atoms with Crippen molar-refractivity contribution in [2.24, 2.45) is 0 Å². The topological polar surface area (TPSA) is 70.8 Å². The number of nitrogens with zero attached hydrogens (tertiary/aromatic N) is 1. The standard InChI is InChI=1S/C13H13N3O2S/c1-13(2)4-7-6(5-18-13)3-8-9(14-7)10-11(19-8)16-12(17)15-10/h3H,4-5H2,1-2H3,(H2,15,16,17). The molecule has 0 aliphatic carbocycles. The Balaban J connectivity index is 2.02. The van der Waals surface area contributed by atoms with E-state index < -0.39 is 0 Å². The number of aromatic amines is 2. The van der Waals surface area contributed by atoms with Crippen molar-refractivity contribution in [1.82, 2.24) is 15.0 Å². The van der Waals surface area contributed by atoms with Gasteiger partial charge < -0.3 is 9.72 Å². The number of fused-ring (bicyclic) bond motifs is 4. The van der Waals surface area contributed by atoms with Crippen LogP contribution in [0.3, 0.4) is 0 Å². The molecule has 2 N–H and O–H groups in total. The fourth-order valence-electron chi connectivity index (χ4n) is 2.55. The molecule has 0 unspecified atom stereocenters. The van der Waals surface area contributed by atoms with Crippen molar-refractivity contribution in [2.45, 2.75) is 32.5 Å². The summed E-state index contributed by atoms with van der Waals surface area (Å²) in [5.74, 6) is 0. The summed E-state index contributed by atoms with van der Waals surface area (Å²) in [6, 6.07) is 2.13. The highest BCUT2D eigenvalue weighted by molar-refractivity contribution is 7.25. The van der Waals surface area contributed by atoms with Gasteiger partial charge in [-0.1, -0.05) is 0 Å². The molecule has 4 heterocycles. The van der Waals surface area contributed by atoms with Gasteiger partial charge in [0.25, 0.3) is 0 Å². The van der Waals surface area contributed by atoms with Gasteiger partial charge in [-0.25, -0.2) is 9.78 Å². The van der Waals surface area contributed by atoms with Crippen molar-refractivity contribution in [2.75, 3.05) is 0 Å². The number of nitrogens with one attached hydrogen (secondary N) is 2. The molecule has 0 radical (unpaired) electrons. The highest BCUT2D eigenvalue weighted by Gasteiger charge is 2.28. The molecule has 5 nitrogen and oxygen atoms in total. The summed E-state index contributed by atoms with van der Waals surface area (Å²) < 4.78 is 6.90. The van der Waals surface area contributed by atoms with Crippen LogP contribution in [0.25, 0.3) is 20.6 Å². The fourth-order valence-corrected chi connectivity index (χ4v) is 3.61. The first kappa shape index (κ1) is 11.2. The summed E-state index contributed by atoms with van der Waals surface area (Å²) >= 11 is 1.55. The molecule has 0 atom stereocenters. The molecular formula is C13H13N3O2S. The van der Waals surface area contributed by atoms with Gasteiger partial charge in [0.05, 0.1) is 16.9 Å². The second-order valence-corrected chi connectivity index (χ2v) is 6.60. The molecule has 0 saturated carbocycles. The molecule has 98 valence electrons. The molecule has 6 heteroatoms. The van der Waals surface area contributed by atoms with Gasteiger partial charge in [0.15, 0.2) is 0 Å². The van der Waals surface area contributed by atoms with Gasteiger partial charge in [0, 0.05) is 17.7 Å². The average Bonchev–Trinajstić information content (AvgIpc) is 2.82. The third kappa shape index (κ3) is 1.63. The molecule has 0 bridgehead atoms. The lowest BCUT2D eigenvalue weighted by atomic mass is 9.96. The first-order valence-corrected chi connectivity index (χ1v) is 7.01.